The van der Waals surface area contributed by atoms with E-state index in [1.165, 1.54) is 38.3 Å². The maximum Gasteiger partial charge on any atom is 0.163 e. The first-order valence-electron chi connectivity index (χ1n) is 10.2. The highest BCUT2D eigenvalue weighted by molar-refractivity contribution is 9.10. The first-order valence-corrected chi connectivity index (χ1v) is 11.0. The number of nitrogens with one attached hydrogen (secondary N) is 1. The fourth-order valence-corrected chi connectivity index (χ4v) is 3.88. The van der Waals surface area contributed by atoms with Crippen LogP contribution in [-0.2, 0) is 0 Å². The minimum Gasteiger partial charge on any atom is -0.493 e. The molecule has 0 amide bonds. The highest BCUT2D eigenvalue weighted by Crippen LogP contribution is 2.35. The zero-order chi connectivity index (χ0) is 21.6. The molecule has 2 heterocycles. The van der Waals surface area contributed by atoms with E-state index in [4.69, 9.17) is 9.47 Å². The van der Waals surface area contributed by atoms with Crippen LogP contribution in [0.15, 0.2) is 53.3 Å². The molecule has 1 aliphatic rings. The Morgan fingerprint density at radius 3 is 2.69 bits per heavy atom. The van der Waals surface area contributed by atoms with Crippen molar-refractivity contribution in [2.24, 2.45) is 0 Å². The lowest BCUT2D eigenvalue weighted by Crippen LogP contribution is -2.18. The predicted octanol–water partition coefficient (Wildman–Crippen LogP) is 5.74. The number of hydrogen-bond acceptors (Lipinski definition) is 6. The van der Waals surface area contributed by atoms with E-state index >= 15 is 0 Å². The lowest BCUT2D eigenvalue weighted by molar-refractivity contribution is 0.325. The maximum atomic E-state index is 14.3. The SMILES string of the molecule is COc1cc2c(Nc3ccc(Br)cc3F)ncnc2cc1OC/C=C/CN1CCCC1.Cl. The Morgan fingerprint density at radius 1 is 1.12 bits per heavy atom. The van der Waals surface area contributed by atoms with Crippen LogP contribution in [0.2, 0.25) is 0 Å². The summed E-state index contributed by atoms with van der Waals surface area (Å²) in [5.74, 6) is 1.27. The third kappa shape index (κ3) is 5.88. The van der Waals surface area contributed by atoms with Crippen molar-refractivity contribution in [3.05, 3.63) is 59.1 Å². The van der Waals surface area contributed by atoms with Crippen LogP contribution in [0.25, 0.3) is 10.9 Å². The summed E-state index contributed by atoms with van der Waals surface area (Å²) in [5.41, 5.74) is 0.998. The molecule has 6 nitrogen and oxygen atoms in total. The van der Waals surface area contributed by atoms with Gasteiger partial charge in [-0.2, -0.15) is 0 Å². The molecule has 32 heavy (non-hydrogen) atoms. The second-order valence-electron chi connectivity index (χ2n) is 7.28. The number of anilines is 2. The molecule has 1 saturated heterocycles. The molecule has 0 atom stereocenters. The van der Waals surface area contributed by atoms with Gasteiger partial charge in [0.2, 0.25) is 0 Å². The number of fused-ring (bicyclic) bond motifs is 1. The fraction of sp³-hybridized carbons (Fsp3) is 0.304. The van der Waals surface area contributed by atoms with E-state index in [1.54, 1.807) is 25.3 Å². The molecular formula is C23H25BrClFN4O2. The van der Waals surface area contributed by atoms with Gasteiger partial charge in [-0.25, -0.2) is 14.4 Å². The van der Waals surface area contributed by atoms with Gasteiger partial charge in [0.1, 0.15) is 24.6 Å². The molecule has 1 fully saturated rings. The van der Waals surface area contributed by atoms with Crippen LogP contribution in [0, 0.1) is 5.82 Å². The molecule has 0 spiro atoms. The molecular weight excluding hydrogens is 499 g/mol. The van der Waals surface area contributed by atoms with Crippen molar-refractivity contribution in [2.75, 3.05) is 38.7 Å². The van der Waals surface area contributed by atoms with E-state index in [9.17, 15) is 4.39 Å². The van der Waals surface area contributed by atoms with Gasteiger partial charge in [-0.1, -0.05) is 28.1 Å². The van der Waals surface area contributed by atoms with Crippen molar-refractivity contribution in [3.63, 3.8) is 0 Å². The van der Waals surface area contributed by atoms with Crippen molar-refractivity contribution >= 4 is 50.7 Å². The van der Waals surface area contributed by atoms with Gasteiger partial charge in [0.25, 0.3) is 0 Å². The van der Waals surface area contributed by atoms with Crippen molar-refractivity contribution in [1.82, 2.24) is 14.9 Å². The Bertz CT molecular complexity index is 1090. The number of likely N-dealkylation sites (tertiary alicyclic amines) is 1. The standard InChI is InChI=1S/C23H24BrFN4O2.ClH/c1-30-21-13-17-20(14-22(21)31-11-5-4-10-29-8-2-3-9-29)26-15-27-23(17)28-19-7-6-16(24)12-18(19)25;/h4-7,12-15H,2-3,8-11H2,1H3,(H,26,27,28);1H/b5-4+;. The van der Waals surface area contributed by atoms with Crippen LogP contribution in [0.5, 0.6) is 11.5 Å². The second-order valence-corrected chi connectivity index (χ2v) is 8.20. The molecule has 1 N–H and O–H groups in total. The van der Waals surface area contributed by atoms with Gasteiger partial charge in [-0.3, -0.25) is 4.90 Å². The van der Waals surface area contributed by atoms with Crippen LogP contribution < -0.4 is 14.8 Å². The van der Waals surface area contributed by atoms with Gasteiger partial charge in [-0.15, -0.1) is 12.4 Å². The normalized spacial score (nSPS) is 14.0. The molecule has 2 aromatic carbocycles. The largest absolute Gasteiger partial charge is 0.493 e. The third-order valence-electron chi connectivity index (χ3n) is 5.17. The number of ether oxygens (including phenoxy) is 2. The summed E-state index contributed by atoms with van der Waals surface area (Å²) in [6, 6.07) is 8.43. The van der Waals surface area contributed by atoms with Crippen LogP contribution >= 0.6 is 28.3 Å². The second kappa shape index (κ2) is 11.4. The van der Waals surface area contributed by atoms with Gasteiger partial charge in [0.05, 0.1) is 18.3 Å². The number of rotatable bonds is 8. The average molecular weight is 524 g/mol. The topological polar surface area (TPSA) is 59.5 Å². The molecule has 0 saturated carbocycles. The summed E-state index contributed by atoms with van der Waals surface area (Å²) in [6.07, 6.45) is 8.16. The van der Waals surface area contributed by atoms with Crippen LogP contribution in [0.1, 0.15) is 12.8 Å². The van der Waals surface area contributed by atoms with Gasteiger partial charge < -0.3 is 14.8 Å². The molecule has 0 unspecified atom stereocenters. The monoisotopic (exact) mass is 522 g/mol. The van der Waals surface area contributed by atoms with Crippen LogP contribution in [0.4, 0.5) is 15.9 Å². The summed E-state index contributed by atoms with van der Waals surface area (Å²) < 4.78 is 26.4. The number of nitrogens with zero attached hydrogens (tertiary/aromatic N) is 3. The van der Waals surface area contributed by atoms with Gasteiger partial charge in [-0.05, 0) is 50.2 Å². The van der Waals surface area contributed by atoms with E-state index in [0.29, 0.717) is 45.0 Å². The summed E-state index contributed by atoms with van der Waals surface area (Å²) in [6.45, 7) is 3.73. The predicted molar refractivity (Wildman–Crippen MR) is 131 cm³/mol. The maximum absolute atomic E-state index is 14.3. The van der Waals surface area contributed by atoms with Crippen LogP contribution in [0.3, 0.4) is 0 Å². The fourth-order valence-electron chi connectivity index (χ4n) is 3.55. The Hall–Kier alpha value is -2.42. The van der Waals surface area contributed by atoms with Gasteiger partial charge in [0.15, 0.2) is 11.5 Å². The Balaban J connectivity index is 0.00000289. The number of halogens is 3. The molecule has 9 heteroatoms. The number of benzene rings is 2. The average Bonchev–Trinajstić information content (AvgIpc) is 3.28. The van der Waals surface area contributed by atoms with E-state index in [0.717, 1.165) is 6.54 Å². The molecule has 0 bridgehead atoms. The summed E-state index contributed by atoms with van der Waals surface area (Å²) >= 11 is 3.26. The quantitative estimate of drug-likeness (QED) is 0.380. The minimum absolute atomic E-state index is 0. The van der Waals surface area contributed by atoms with Crippen LogP contribution in [-0.4, -0.2) is 48.2 Å². The highest BCUT2D eigenvalue weighted by atomic mass is 79.9. The Kier molecular flexibility index (Phi) is 8.67. The number of hydrogen-bond donors (Lipinski definition) is 1. The summed E-state index contributed by atoms with van der Waals surface area (Å²) in [5, 5.41) is 3.75. The smallest absolute Gasteiger partial charge is 0.163 e. The third-order valence-corrected chi connectivity index (χ3v) is 5.66. The molecule has 170 valence electrons. The molecule has 3 aromatic rings. The van der Waals surface area contributed by atoms with Gasteiger partial charge in [0, 0.05) is 22.5 Å². The molecule has 0 aliphatic carbocycles. The molecule has 1 aromatic heterocycles. The lowest BCUT2D eigenvalue weighted by Gasteiger charge is -2.14. The van der Waals surface area contributed by atoms with E-state index in [2.05, 4.69) is 42.2 Å². The zero-order valence-corrected chi connectivity index (χ0v) is 20.1. The number of aromatic nitrogens is 2. The van der Waals surface area contributed by atoms with E-state index in [1.807, 2.05) is 12.1 Å². The van der Waals surface area contributed by atoms with Crippen molar-refractivity contribution in [2.45, 2.75) is 12.8 Å². The first kappa shape index (κ1) is 24.2. The summed E-state index contributed by atoms with van der Waals surface area (Å²) in [7, 11) is 1.59. The van der Waals surface area contributed by atoms with E-state index < -0.39 is 0 Å². The Morgan fingerprint density at radius 2 is 1.94 bits per heavy atom. The van der Waals surface area contributed by atoms with E-state index in [-0.39, 0.29) is 18.2 Å². The molecule has 1 aliphatic heterocycles. The van der Waals surface area contributed by atoms with Crippen molar-refractivity contribution in [3.8, 4) is 11.5 Å². The van der Waals surface area contributed by atoms with Crippen molar-refractivity contribution < 1.29 is 13.9 Å². The van der Waals surface area contributed by atoms with Crippen molar-refractivity contribution in [1.29, 1.82) is 0 Å². The minimum atomic E-state index is -0.381. The Labute approximate surface area is 201 Å². The lowest BCUT2D eigenvalue weighted by atomic mass is 10.2. The molecule has 4 rings (SSSR count). The zero-order valence-electron chi connectivity index (χ0n) is 17.7. The summed E-state index contributed by atoms with van der Waals surface area (Å²) in [4.78, 5) is 11.0. The number of methoxy groups -OCH3 is 1. The first-order chi connectivity index (χ1) is 15.1. The molecule has 0 radical (unpaired) electrons. The van der Waals surface area contributed by atoms with Gasteiger partial charge >= 0.3 is 0 Å². The highest BCUT2D eigenvalue weighted by Gasteiger charge is 2.13.